The van der Waals surface area contributed by atoms with E-state index in [1.54, 1.807) is 42.5 Å². The molecular formula is C23H23N5O5. The van der Waals surface area contributed by atoms with E-state index in [1.165, 1.54) is 7.11 Å². The van der Waals surface area contributed by atoms with Gasteiger partial charge in [-0.15, -0.1) is 0 Å². The number of H-pyrrole nitrogens is 1. The van der Waals surface area contributed by atoms with Crippen molar-refractivity contribution < 1.29 is 23.6 Å². The topological polar surface area (TPSA) is 138 Å². The van der Waals surface area contributed by atoms with Crippen molar-refractivity contribution in [1.82, 2.24) is 10.1 Å². The van der Waals surface area contributed by atoms with E-state index in [9.17, 15) is 14.4 Å². The van der Waals surface area contributed by atoms with Gasteiger partial charge in [-0.05, 0) is 30.3 Å². The van der Waals surface area contributed by atoms with Crippen LogP contribution in [0.2, 0.25) is 0 Å². The fourth-order valence-corrected chi connectivity index (χ4v) is 3.26. The van der Waals surface area contributed by atoms with Gasteiger partial charge in [-0.2, -0.15) is 0 Å². The first-order valence-corrected chi connectivity index (χ1v) is 10.1. The van der Waals surface area contributed by atoms with E-state index >= 15 is 0 Å². The van der Waals surface area contributed by atoms with Crippen LogP contribution in [0.1, 0.15) is 48.3 Å². The summed E-state index contributed by atoms with van der Waals surface area (Å²) in [6, 6.07) is 9.51. The summed E-state index contributed by atoms with van der Waals surface area (Å²) in [5, 5.41) is 12.0. The highest BCUT2D eigenvalue weighted by atomic mass is 16.5. The molecule has 1 aromatic carbocycles. The number of carbonyl (C=O) groups is 3. The molecule has 3 amide bonds. The van der Waals surface area contributed by atoms with E-state index in [-0.39, 0.29) is 17.0 Å². The Balaban J connectivity index is 1.47. The van der Waals surface area contributed by atoms with Crippen molar-refractivity contribution in [1.29, 1.82) is 0 Å². The number of ether oxygens (including phenoxy) is 1. The Morgan fingerprint density at radius 3 is 2.61 bits per heavy atom. The van der Waals surface area contributed by atoms with Crippen molar-refractivity contribution in [3.05, 3.63) is 59.1 Å². The van der Waals surface area contributed by atoms with Gasteiger partial charge in [0.1, 0.15) is 11.5 Å². The van der Waals surface area contributed by atoms with Crippen LogP contribution in [0.4, 0.5) is 22.0 Å². The van der Waals surface area contributed by atoms with E-state index in [1.807, 2.05) is 20.8 Å². The summed E-state index contributed by atoms with van der Waals surface area (Å²) in [4.78, 5) is 39.3. The fourth-order valence-electron chi connectivity index (χ4n) is 3.26. The molecular weight excluding hydrogens is 426 g/mol. The van der Waals surface area contributed by atoms with Gasteiger partial charge in [0.2, 0.25) is 0 Å². The highest BCUT2D eigenvalue weighted by Gasteiger charge is 2.25. The summed E-state index contributed by atoms with van der Waals surface area (Å²) < 4.78 is 9.94. The minimum Gasteiger partial charge on any atom is -0.464 e. The zero-order valence-electron chi connectivity index (χ0n) is 18.5. The van der Waals surface area contributed by atoms with Gasteiger partial charge in [0.15, 0.2) is 5.82 Å². The van der Waals surface area contributed by atoms with Crippen LogP contribution >= 0.6 is 0 Å². The maximum Gasteiger partial charge on any atom is 0.354 e. The molecule has 4 rings (SSSR count). The summed E-state index contributed by atoms with van der Waals surface area (Å²) in [5.74, 6) is 0.163. The van der Waals surface area contributed by atoms with Gasteiger partial charge in [-0.3, -0.25) is 10.1 Å². The number of methoxy groups -OCH3 is 1. The van der Waals surface area contributed by atoms with Crippen molar-refractivity contribution >= 4 is 46.7 Å². The lowest BCUT2D eigenvalue weighted by molar-refractivity contribution is -0.110. The van der Waals surface area contributed by atoms with Crippen molar-refractivity contribution in [2.24, 2.45) is 0 Å². The molecule has 0 radical (unpaired) electrons. The van der Waals surface area contributed by atoms with Gasteiger partial charge in [0.25, 0.3) is 5.91 Å². The fraction of sp³-hybridized carbons (Fsp3) is 0.217. The van der Waals surface area contributed by atoms with Crippen molar-refractivity contribution in [2.75, 3.05) is 23.1 Å². The third-order valence-corrected chi connectivity index (χ3v) is 4.97. The van der Waals surface area contributed by atoms with E-state index in [2.05, 4.69) is 30.8 Å². The molecule has 0 unspecified atom stereocenters. The predicted octanol–water partition coefficient (Wildman–Crippen LogP) is 4.22. The van der Waals surface area contributed by atoms with E-state index < -0.39 is 12.0 Å². The molecule has 3 aromatic rings. The van der Waals surface area contributed by atoms with Crippen LogP contribution in [0.15, 0.2) is 40.9 Å². The lowest BCUT2D eigenvalue weighted by Crippen LogP contribution is -2.19. The van der Waals surface area contributed by atoms with Gasteiger partial charge >= 0.3 is 12.0 Å². The Labute approximate surface area is 189 Å². The second-order valence-corrected chi connectivity index (χ2v) is 8.50. The Hall–Kier alpha value is -4.34. The number of carbonyl (C=O) groups excluding carboxylic acids is 3. The lowest BCUT2D eigenvalue weighted by Gasteiger charge is -2.12. The smallest absolute Gasteiger partial charge is 0.354 e. The van der Waals surface area contributed by atoms with Crippen LogP contribution in [0, 0.1) is 0 Å². The molecule has 0 spiro atoms. The lowest BCUT2D eigenvalue weighted by atomic mass is 9.93. The summed E-state index contributed by atoms with van der Waals surface area (Å²) in [5.41, 5.74) is 2.78. The minimum atomic E-state index is -0.495. The zero-order chi connectivity index (χ0) is 23.8. The van der Waals surface area contributed by atoms with Crippen molar-refractivity contribution in [2.45, 2.75) is 26.2 Å². The number of aromatic nitrogens is 2. The monoisotopic (exact) mass is 449 g/mol. The molecule has 4 N–H and O–H groups in total. The zero-order valence-corrected chi connectivity index (χ0v) is 18.5. The average Bonchev–Trinajstić information content (AvgIpc) is 3.47. The molecule has 0 saturated heterocycles. The molecule has 2 aromatic heterocycles. The van der Waals surface area contributed by atoms with Crippen LogP contribution in [0.5, 0.6) is 0 Å². The first-order valence-electron chi connectivity index (χ1n) is 10.1. The number of hydrogen-bond donors (Lipinski definition) is 4. The maximum absolute atomic E-state index is 12.5. The largest absolute Gasteiger partial charge is 0.464 e. The van der Waals surface area contributed by atoms with Gasteiger partial charge in [-0.25, -0.2) is 9.59 Å². The molecule has 0 bridgehead atoms. The van der Waals surface area contributed by atoms with Gasteiger partial charge in [0, 0.05) is 28.4 Å². The third-order valence-electron chi connectivity index (χ3n) is 4.97. The highest BCUT2D eigenvalue weighted by Crippen LogP contribution is 2.35. The molecule has 3 heterocycles. The average molecular weight is 449 g/mol. The first-order chi connectivity index (χ1) is 15.6. The van der Waals surface area contributed by atoms with Crippen LogP contribution in [0.25, 0.3) is 11.6 Å². The maximum atomic E-state index is 12.5. The van der Waals surface area contributed by atoms with Crippen LogP contribution in [0.3, 0.4) is 0 Å². The number of esters is 1. The number of amides is 3. The van der Waals surface area contributed by atoms with Crippen molar-refractivity contribution in [3.8, 4) is 0 Å². The molecule has 10 heteroatoms. The Kier molecular flexibility index (Phi) is 5.50. The van der Waals surface area contributed by atoms with E-state index in [0.29, 0.717) is 39.8 Å². The molecule has 1 aliphatic rings. The Bertz CT molecular complexity index is 1280. The second-order valence-electron chi connectivity index (χ2n) is 8.50. The number of aromatic amines is 1. The number of nitrogens with one attached hydrogen (secondary N) is 4. The van der Waals surface area contributed by atoms with Crippen LogP contribution < -0.4 is 16.0 Å². The molecule has 0 fully saturated rings. The number of fused-ring (bicyclic) bond motifs is 1. The minimum absolute atomic E-state index is 0.228. The molecule has 0 atom stereocenters. The predicted molar refractivity (Wildman–Crippen MR) is 123 cm³/mol. The Morgan fingerprint density at radius 1 is 1.12 bits per heavy atom. The first kappa shape index (κ1) is 21.9. The summed E-state index contributed by atoms with van der Waals surface area (Å²) in [6.45, 7) is 5.94. The normalized spacial score (nSPS) is 14.1. The number of hydrogen-bond acceptors (Lipinski definition) is 6. The SMILES string of the molecule is COC(=O)c1ccc(/C=C2\C(=O)Nc3cc(NC(=O)Nc4cc(C(C)(C)C)on4)ccc32)[nH]1. The van der Waals surface area contributed by atoms with Gasteiger partial charge in [-0.1, -0.05) is 32.0 Å². The summed E-state index contributed by atoms with van der Waals surface area (Å²) >= 11 is 0. The second kappa shape index (κ2) is 8.30. The van der Waals surface area contributed by atoms with Gasteiger partial charge < -0.3 is 24.9 Å². The molecule has 170 valence electrons. The molecule has 0 saturated carbocycles. The molecule has 33 heavy (non-hydrogen) atoms. The van der Waals surface area contributed by atoms with E-state index in [0.717, 1.165) is 0 Å². The highest BCUT2D eigenvalue weighted by molar-refractivity contribution is 6.35. The van der Waals surface area contributed by atoms with Crippen molar-refractivity contribution in [3.63, 3.8) is 0 Å². The van der Waals surface area contributed by atoms with Crippen LogP contribution in [-0.4, -0.2) is 35.2 Å². The molecule has 0 aliphatic carbocycles. The third kappa shape index (κ3) is 4.64. The quantitative estimate of drug-likeness (QED) is 0.347. The van der Waals surface area contributed by atoms with Crippen LogP contribution in [-0.2, 0) is 14.9 Å². The Morgan fingerprint density at radius 2 is 1.91 bits per heavy atom. The number of nitrogens with zero attached hydrogens (tertiary/aromatic N) is 1. The number of benzene rings is 1. The number of rotatable bonds is 4. The number of urea groups is 1. The van der Waals surface area contributed by atoms with Gasteiger partial charge in [0.05, 0.1) is 18.4 Å². The summed E-state index contributed by atoms with van der Waals surface area (Å²) in [6.07, 6.45) is 1.64. The summed E-state index contributed by atoms with van der Waals surface area (Å²) in [7, 11) is 1.29. The molecule has 1 aliphatic heterocycles. The molecule has 10 nitrogen and oxygen atoms in total. The standard InChI is InChI=1S/C23H23N5O5/c1-23(2,3)18-11-19(28-33-18)27-22(31)25-13-5-7-14-15(20(29)26-17(14)10-13)9-12-6-8-16(24-12)21(30)32-4/h5-11,24H,1-4H3,(H,26,29)(H2,25,27,28,31)/b15-9-. The number of anilines is 3. The van der Waals surface area contributed by atoms with E-state index in [4.69, 9.17) is 4.52 Å².